The molecule has 0 aliphatic rings. The molecule has 0 fully saturated rings. The first-order valence-corrected chi connectivity index (χ1v) is 6.22. The van der Waals surface area contributed by atoms with Crippen molar-refractivity contribution in [2.45, 2.75) is 26.7 Å². The van der Waals surface area contributed by atoms with Gasteiger partial charge in [0.05, 0.1) is 0 Å². The maximum atomic E-state index is 10.8. The van der Waals surface area contributed by atoms with Gasteiger partial charge in [-0.05, 0) is 24.0 Å². The van der Waals surface area contributed by atoms with Crippen molar-refractivity contribution in [3.05, 3.63) is 41.3 Å². The molecule has 2 aromatic rings. The molecule has 0 saturated carbocycles. The van der Waals surface area contributed by atoms with E-state index in [4.69, 9.17) is 9.52 Å². The highest BCUT2D eigenvalue weighted by molar-refractivity contribution is 5.85. The van der Waals surface area contributed by atoms with Crippen LogP contribution in [0.2, 0.25) is 0 Å². The van der Waals surface area contributed by atoms with Crippen LogP contribution in [0.1, 0.15) is 35.5 Å². The number of carboxylic acids is 1. The molecule has 2 N–H and O–H groups in total. The Morgan fingerprint density at radius 1 is 1.32 bits per heavy atom. The molecule has 1 aromatic heterocycles. The third-order valence-electron chi connectivity index (χ3n) is 2.95. The molecule has 0 bridgehead atoms. The summed E-state index contributed by atoms with van der Waals surface area (Å²) in [5, 5.41) is 11.9. The Bertz CT molecular complexity index is 568. The fourth-order valence-electron chi connectivity index (χ4n) is 1.94. The molecule has 1 aromatic carbocycles. The number of nitrogens with one attached hydrogen (secondary N) is 1. The Morgan fingerprint density at radius 3 is 2.42 bits per heavy atom. The molecule has 5 heteroatoms. The Hall–Kier alpha value is -2.30. The van der Waals surface area contributed by atoms with E-state index >= 15 is 0 Å². The second kappa shape index (κ2) is 5.56. The van der Waals surface area contributed by atoms with Gasteiger partial charge in [0.2, 0.25) is 0 Å². The largest absolute Gasteiger partial charge is 0.476 e. The van der Waals surface area contributed by atoms with Gasteiger partial charge in [-0.25, -0.2) is 4.79 Å². The third kappa shape index (κ3) is 2.76. The number of oxazole rings is 1. The number of hydrogen-bond acceptors (Lipinski definition) is 4. The second-order valence-corrected chi connectivity index (χ2v) is 4.13. The van der Waals surface area contributed by atoms with Gasteiger partial charge in [-0.3, -0.25) is 0 Å². The molecule has 0 aliphatic carbocycles. The summed E-state index contributed by atoms with van der Waals surface area (Å²) in [6.45, 7) is 4.14. The van der Waals surface area contributed by atoms with Crippen LogP contribution in [-0.2, 0) is 12.8 Å². The van der Waals surface area contributed by atoms with Crippen LogP contribution in [0, 0.1) is 0 Å². The lowest BCUT2D eigenvalue weighted by molar-refractivity contribution is 0.0690. The van der Waals surface area contributed by atoms with Crippen molar-refractivity contribution < 1.29 is 14.3 Å². The van der Waals surface area contributed by atoms with Gasteiger partial charge in [0.1, 0.15) is 6.26 Å². The Balaban J connectivity index is 2.33. The van der Waals surface area contributed by atoms with E-state index < -0.39 is 5.97 Å². The lowest BCUT2D eigenvalue weighted by Gasteiger charge is -2.12. The number of para-hydroxylation sites is 1. The predicted octanol–water partition coefficient (Wildman–Crippen LogP) is 3.24. The van der Waals surface area contributed by atoms with E-state index in [1.807, 2.05) is 18.2 Å². The molecule has 2 rings (SSSR count). The third-order valence-corrected chi connectivity index (χ3v) is 2.95. The van der Waals surface area contributed by atoms with Gasteiger partial charge in [-0.15, -0.1) is 0 Å². The number of nitrogens with zero attached hydrogens (tertiary/aromatic N) is 1. The first-order valence-electron chi connectivity index (χ1n) is 6.22. The average molecular weight is 260 g/mol. The number of aromatic nitrogens is 1. The number of aromatic carboxylic acids is 1. The van der Waals surface area contributed by atoms with Gasteiger partial charge in [0.25, 0.3) is 6.01 Å². The standard InChI is InChI=1S/C14H16N2O3/c1-3-9-6-5-7-10(4-2)12(9)16-14-15-11(8-19-14)13(17)18/h5-8H,3-4H2,1-2H3,(H,15,16)(H,17,18). The molecular formula is C14H16N2O3. The molecular weight excluding hydrogens is 244 g/mol. The summed E-state index contributed by atoms with van der Waals surface area (Å²) in [5.41, 5.74) is 3.14. The van der Waals surface area contributed by atoms with Crippen molar-refractivity contribution in [1.29, 1.82) is 0 Å². The van der Waals surface area contributed by atoms with Crippen molar-refractivity contribution >= 4 is 17.7 Å². The van der Waals surface area contributed by atoms with Gasteiger partial charge in [0, 0.05) is 5.69 Å². The maximum absolute atomic E-state index is 10.8. The summed E-state index contributed by atoms with van der Waals surface area (Å²) >= 11 is 0. The summed E-state index contributed by atoms with van der Waals surface area (Å²) in [5.74, 6) is -1.10. The zero-order valence-corrected chi connectivity index (χ0v) is 10.9. The van der Waals surface area contributed by atoms with Crippen molar-refractivity contribution in [3.63, 3.8) is 0 Å². The number of carboxylic acid groups (broad SMARTS) is 1. The van der Waals surface area contributed by atoms with Crippen LogP contribution >= 0.6 is 0 Å². The number of hydrogen-bond donors (Lipinski definition) is 2. The molecule has 100 valence electrons. The van der Waals surface area contributed by atoms with Crippen LogP contribution in [0.25, 0.3) is 0 Å². The lowest BCUT2D eigenvalue weighted by atomic mass is 10.0. The minimum atomic E-state index is -1.10. The van der Waals surface area contributed by atoms with Gasteiger partial charge in [-0.2, -0.15) is 4.98 Å². The molecule has 19 heavy (non-hydrogen) atoms. The van der Waals surface area contributed by atoms with Crippen LogP contribution < -0.4 is 5.32 Å². The molecule has 0 spiro atoms. The summed E-state index contributed by atoms with van der Waals surface area (Å²) in [6.07, 6.45) is 2.89. The molecule has 5 nitrogen and oxygen atoms in total. The van der Waals surface area contributed by atoms with Crippen LogP contribution in [0.4, 0.5) is 11.7 Å². The fraction of sp³-hybridized carbons (Fsp3) is 0.286. The first-order chi connectivity index (χ1) is 9.15. The topological polar surface area (TPSA) is 75.4 Å². The Labute approximate surface area is 111 Å². The van der Waals surface area contributed by atoms with E-state index in [1.165, 1.54) is 0 Å². The Morgan fingerprint density at radius 2 is 1.95 bits per heavy atom. The SMILES string of the molecule is CCc1cccc(CC)c1Nc1nc(C(=O)O)co1. The molecule has 0 radical (unpaired) electrons. The summed E-state index contributed by atoms with van der Waals surface area (Å²) in [4.78, 5) is 14.6. The normalized spacial score (nSPS) is 10.4. The lowest BCUT2D eigenvalue weighted by Crippen LogP contribution is -2.01. The highest BCUT2D eigenvalue weighted by Gasteiger charge is 2.13. The second-order valence-electron chi connectivity index (χ2n) is 4.13. The smallest absolute Gasteiger partial charge is 0.357 e. The fourth-order valence-corrected chi connectivity index (χ4v) is 1.94. The molecule has 0 amide bonds. The number of anilines is 2. The number of carbonyl (C=O) groups is 1. The van der Waals surface area contributed by atoms with Crippen LogP contribution in [-0.4, -0.2) is 16.1 Å². The van der Waals surface area contributed by atoms with Crippen molar-refractivity contribution in [2.24, 2.45) is 0 Å². The van der Waals surface area contributed by atoms with Gasteiger partial charge < -0.3 is 14.8 Å². The van der Waals surface area contributed by atoms with Crippen molar-refractivity contribution in [2.75, 3.05) is 5.32 Å². The van der Waals surface area contributed by atoms with E-state index in [-0.39, 0.29) is 11.7 Å². The van der Waals surface area contributed by atoms with E-state index in [2.05, 4.69) is 24.1 Å². The summed E-state index contributed by atoms with van der Waals surface area (Å²) in [7, 11) is 0. The minimum absolute atomic E-state index is 0.102. The molecule has 0 unspecified atom stereocenters. The highest BCUT2D eigenvalue weighted by atomic mass is 16.4. The van der Waals surface area contributed by atoms with Crippen LogP contribution in [0.5, 0.6) is 0 Å². The van der Waals surface area contributed by atoms with Gasteiger partial charge >= 0.3 is 5.97 Å². The molecule has 0 aliphatic heterocycles. The van der Waals surface area contributed by atoms with Gasteiger partial charge in [-0.1, -0.05) is 32.0 Å². The minimum Gasteiger partial charge on any atom is -0.476 e. The van der Waals surface area contributed by atoms with Crippen molar-refractivity contribution in [1.82, 2.24) is 4.98 Å². The first kappa shape index (κ1) is 13.1. The number of benzene rings is 1. The number of rotatable bonds is 5. The number of aryl methyl sites for hydroxylation is 2. The molecule has 0 atom stereocenters. The van der Waals surface area contributed by atoms with E-state index in [0.717, 1.165) is 35.9 Å². The van der Waals surface area contributed by atoms with Gasteiger partial charge in [0.15, 0.2) is 5.69 Å². The zero-order chi connectivity index (χ0) is 13.8. The monoisotopic (exact) mass is 260 g/mol. The Kier molecular flexibility index (Phi) is 3.85. The average Bonchev–Trinajstić information content (AvgIpc) is 2.87. The van der Waals surface area contributed by atoms with E-state index in [9.17, 15) is 4.79 Å². The van der Waals surface area contributed by atoms with E-state index in [0.29, 0.717) is 0 Å². The molecule has 0 saturated heterocycles. The van der Waals surface area contributed by atoms with Crippen LogP contribution in [0.15, 0.2) is 28.9 Å². The summed E-state index contributed by atoms with van der Waals surface area (Å²) in [6, 6.07) is 6.28. The maximum Gasteiger partial charge on any atom is 0.357 e. The van der Waals surface area contributed by atoms with Crippen molar-refractivity contribution in [3.8, 4) is 0 Å². The van der Waals surface area contributed by atoms with Crippen LogP contribution in [0.3, 0.4) is 0 Å². The quantitative estimate of drug-likeness (QED) is 0.863. The van der Waals surface area contributed by atoms with E-state index in [1.54, 1.807) is 0 Å². The molecule has 1 heterocycles. The highest BCUT2D eigenvalue weighted by Crippen LogP contribution is 2.26. The summed E-state index contributed by atoms with van der Waals surface area (Å²) < 4.78 is 5.13. The zero-order valence-electron chi connectivity index (χ0n) is 10.9. The predicted molar refractivity (Wildman–Crippen MR) is 71.9 cm³/mol.